The van der Waals surface area contributed by atoms with Crippen LogP contribution in [0.15, 0.2) is 72.6 Å². The fourth-order valence-corrected chi connectivity index (χ4v) is 5.04. The first-order valence-corrected chi connectivity index (χ1v) is 12.6. The molecule has 4 aromatic rings. The number of aromatic nitrogens is 4. The minimum Gasteiger partial charge on any atom is -0.341 e. The van der Waals surface area contributed by atoms with Crippen molar-refractivity contribution in [1.29, 1.82) is 0 Å². The summed E-state index contributed by atoms with van der Waals surface area (Å²) in [5, 5.41) is 7.04. The largest absolute Gasteiger partial charge is 0.341 e. The number of nitrogens with one attached hydrogen (secondary N) is 4. The monoisotopic (exact) mass is 464 g/mol. The zero-order valence-corrected chi connectivity index (χ0v) is 20.3. The number of aromatic amines is 2. The first-order chi connectivity index (χ1) is 17.1. The van der Waals surface area contributed by atoms with Crippen LogP contribution in [-0.2, 0) is 0 Å². The number of H-pyrrole nitrogens is 2. The highest BCUT2D eigenvalue weighted by Crippen LogP contribution is 2.29. The highest BCUT2D eigenvalue weighted by atomic mass is 15.0. The van der Waals surface area contributed by atoms with E-state index in [0.29, 0.717) is 12.0 Å². The van der Waals surface area contributed by atoms with Gasteiger partial charge in [-0.15, -0.1) is 0 Å². The van der Waals surface area contributed by atoms with Crippen LogP contribution < -0.4 is 10.6 Å². The van der Waals surface area contributed by atoms with Crippen LogP contribution in [0.1, 0.15) is 50.4 Å². The first kappa shape index (κ1) is 22.0. The predicted molar refractivity (Wildman–Crippen MR) is 141 cm³/mol. The molecule has 4 N–H and O–H groups in total. The zero-order chi connectivity index (χ0) is 23.8. The normalized spacial score (nSPS) is 20.0. The second-order valence-corrected chi connectivity index (χ2v) is 9.92. The maximum Gasteiger partial charge on any atom is 0.127 e. The number of benzene rings is 2. The number of nitrogens with zero attached hydrogens (tertiary/aromatic N) is 2. The van der Waals surface area contributed by atoms with Crippen LogP contribution in [0.4, 0.5) is 0 Å². The van der Waals surface area contributed by atoms with Gasteiger partial charge in [0.15, 0.2) is 0 Å². The minimum atomic E-state index is 0.166. The van der Waals surface area contributed by atoms with E-state index in [0.717, 1.165) is 53.7 Å². The average molecular weight is 465 g/mol. The molecule has 2 aromatic heterocycles. The second kappa shape index (κ2) is 9.29. The van der Waals surface area contributed by atoms with Gasteiger partial charge < -0.3 is 20.6 Å². The van der Waals surface area contributed by atoms with Gasteiger partial charge in [0, 0.05) is 6.54 Å². The Hall–Kier alpha value is -3.48. The molecule has 2 aliphatic rings. The van der Waals surface area contributed by atoms with E-state index in [1.165, 1.54) is 23.1 Å². The summed E-state index contributed by atoms with van der Waals surface area (Å²) in [6.07, 6.45) is 8.54. The summed E-state index contributed by atoms with van der Waals surface area (Å²) in [6, 6.07) is 17.9. The molecule has 2 unspecified atom stereocenters. The van der Waals surface area contributed by atoms with Crippen molar-refractivity contribution in [2.24, 2.45) is 5.92 Å². The van der Waals surface area contributed by atoms with Crippen molar-refractivity contribution >= 4 is 0 Å². The maximum atomic E-state index is 4.64. The Morgan fingerprint density at radius 2 is 1.31 bits per heavy atom. The molecular formula is C29H32N6. The number of imidazole rings is 2. The fraction of sp³-hybridized carbons (Fsp3) is 0.310. The van der Waals surface area contributed by atoms with Crippen molar-refractivity contribution in [2.75, 3.05) is 13.1 Å². The van der Waals surface area contributed by atoms with E-state index < -0.39 is 0 Å². The van der Waals surface area contributed by atoms with E-state index in [2.05, 4.69) is 99.0 Å². The molecule has 1 fully saturated rings. The van der Waals surface area contributed by atoms with E-state index in [1.54, 1.807) is 0 Å². The lowest BCUT2D eigenvalue weighted by molar-refractivity contribution is 0.613. The molecule has 178 valence electrons. The Bertz CT molecular complexity index is 1320. The van der Waals surface area contributed by atoms with Crippen LogP contribution in [0.3, 0.4) is 0 Å². The standard InChI is InChI=1S/C29H32N6/c1-18(2)23-14-25(31-15-23)29-33-17-27(35-29)22-11-7-20(8-12-22)19-5-9-21(10-6-19)26-16-32-28(34-26)24-4-3-13-30-24/h5-12,14,16-18,24-25,30-31H,3-4,13,15H2,1-2H3,(H,32,34)(H,33,35). The summed E-state index contributed by atoms with van der Waals surface area (Å²) in [4.78, 5) is 16.2. The summed E-state index contributed by atoms with van der Waals surface area (Å²) in [6.45, 7) is 6.48. The third-order valence-corrected chi connectivity index (χ3v) is 7.25. The van der Waals surface area contributed by atoms with Gasteiger partial charge in [-0.1, -0.05) is 74.0 Å². The van der Waals surface area contributed by atoms with E-state index in [9.17, 15) is 0 Å². The smallest absolute Gasteiger partial charge is 0.127 e. The minimum absolute atomic E-state index is 0.166. The van der Waals surface area contributed by atoms with Gasteiger partial charge in [-0.25, -0.2) is 9.97 Å². The quantitative estimate of drug-likeness (QED) is 0.273. The van der Waals surface area contributed by atoms with Gasteiger partial charge in [0.1, 0.15) is 11.6 Å². The molecule has 0 radical (unpaired) electrons. The van der Waals surface area contributed by atoms with Crippen molar-refractivity contribution in [1.82, 2.24) is 30.6 Å². The molecule has 2 aromatic carbocycles. The summed E-state index contributed by atoms with van der Waals surface area (Å²) in [5.41, 5.74) is 8.25. The Labute approximate surface area is 206 Å². The Morgan fingerprint density at radius 1 is 0.743 bits per heavy atom. The molecule has 2 atom stereocenters. The van der Waals surface area contributed by atoms with Crippen molar-refractivity contribution in [2.45, 2.75) is 38.8 Å². The second-order valence-electron chi connectivity index (χ2n) is 9.92. The molecule has 35 heavy (non-hydrogen) atoms. The van der Waals surface area contributed by atoms with E-state index in [4.69, 9.17) is 0 Å². The Balaban J connectivity index is 1.15. The maximum absolute atomic E-state index is 4.64. The Kier molecular flexibility index (Phi) is 5.84. The molecule has 0 bridgehead atoms. The van der Waals surface area contributed by atoms with Gasteiger partial charge >= 0.3 is 0 Å². The van der Waals surface area contributed by atoms with Crippen molar-refractivity contribution in [3.8, 4) is 33.6 Å². The topological polar surface area (TPSA) is 81.4 Å². The fourth-order valence-electron chi connectivity index (χ4n) is 5.04. The summed E-state index contributed by atoms with van der Waals surface area (Å²) in [7, 11) is 0. The third-order valence-electron chi connectivity index (χ3n) is 7.25. The van der Waals surface area contributed by atoms with Gasteiger partial charge in [-0.3, -0.25) is 0 Å². The van der Waals surface area contributed by atoms with Crippen LogP contribution in [-0.4, -0.2) is 33.0 Å². The molecule has 0 aliphatic carbocycles. The van der Waals surface area contributed by atoms with Gasteiger partial charge in [-0.05, 0) is 47.6 Å². The van der Waals surface area contributed by atoms with Crippen molar-refractivity contribution in [3.05, 3.63) is 84.2 Å². The molecule has 0 amide bonds. The lowest BCUT2D eigenvalue weighted by atomic mass is 10.0. The van der Waals surface area contributed by atoms with Gasteiger partial charge in [0.2, 0.25) is 0 Å². The number of hydrogen-bond donors (Lipinski definition) is 4. The number of rotatable bonds is 6. The molecule has 6 rings (SSSR count). The third kappa shape index (κ3) is 4.47. The lowest BCUT2D eigenvalue weighted by Gasteiger charge is -2.07. The predicted octanol–water partition coefficient (Wildman–Crippen LogP) is 5.79. The van der Waals surface area contributed by atoms with Crippen LogP contribution in [0.2, 0.25) is 0 Å². The van der Waals surface area contributed by atoms with Crippen LogP contribution in [0.5, 0.6) is 0 Å². The SMILES string of the molecule is CC(C)C1=CC(c2ncc(-c3ccc(-c4ccc(-c5cnc(C6CCCN6)[nH]5)cc4)cc3)[nH]2)NC1. The molecule has 0 spiro atoms. The van der Waals surface area contributed by atoms with Crippen LogP contribution in [0.25, 0.3) is 33.6 Å². The highest BCUT2D eigenvalue weighted by Gasteiger charge is 2.21. The molecule has 2 aliphatic heterocycles. The average Bonchev–Trinajstić information content (AvgIpc) is 3.70. The van der Waals surface area contributed by atoms with Gasteiger partial charge in [0.05, 0.1) is 35.9 Å². The van der Waals surface area contributed by atoms with E-state index in [-0.39, 0.29) is 6.04 Å². The number of hydrogen-bond acceptors (Lipinski definition) is 4. The molecule has 6 nitrogen and oxygen atoms in total. The van der Waals surface area contributed by atoms with Gasteiger partial charge in [0.25, 0.3) is 0 Å². The summed E-state index contributed by atoms with van der Waals surface area (Å²) < 4.78 is 0. The Morgan fingerprint density at radius 3 is 1.86 bits per heavy atom. The highest BCUT2D eigenvalue weighted by molar-refractivity contribution is 5.71. The van der Waals surface area contributed by atoms with Crippen LogP contribution >= 0.6 is 0 Å². The first-order valence-electron chi connectivity index (χ1n) is 12.6. The van der Waals surface area contributed by atoms with Crippen molar-refractivity contribution in [3.63, 3.8) is 0 Å². The molecule has 1 saturated heterocycles. The zero-order valence-electron chi connectivity index (χ0n) is 20.3. The van der Waals surface area contributed by atoms with Crippen molar-refractivity contribution < 1.29 is 0 Å². The molecular weight excluding hydrogens is 432 g/mol. The molecule has 0 saturated carbocycles. The lowest BCUT2D eigenvalue weighted by Crippen LogP contribution is -2.16. The molecule has 4 heterocycles. The summed E-state index contributed by atoms with van der Waals surface area (Å²) in [5.74, 6) is 2.58. The van der Waals surface area contributed by atoms with Gasteiger partial charge in [-0.2, -0.15) is 0 Å². The van der Waals surface area contributed by atoms with Crippen LogP contribution in [0, 0.1) is 5.92 Å². The van der Waals surface area contributed by atoms with E-state index >= 15 is 0 Å². The molecule has 6 heteroatoms. The van der Waals surface area contributed by atoms with E-state index in [1.807, 2.05) is 12.4 Å². The summed E-state index contributed by atoms with van der Waals surface area (Å²) >= 11 is 0.